The van der Waals surface area contributed by atoms with Gasteiger partial charge in [0.1, 0.15) is 5.75 Å². The maximum atomic E-state index is 14.4. The van der Waals surface area contributed by atoms with Crippen LogP contribution in [-0.2, 0) is 0 Å². The van der Waals surface area contributed by atoms with Gasteiger partial charge in [0, 0.05) is 0 Å². The van der Waals surface area contributed by atoms with Crippen molar-refractivity contribution in [3.05, 3.63) is 59.2 Å². The fourth-order valence-electron chi connectivity index (χ4n) is 3.92. The summed E-state index contributed by atoms with van der Waals surface area (Å²) in [4.78, 5) is 12.3. The van der Waals surface area contributed by atoms with Crippen molar-refractivity contribution in [3.8, 4) is 11.5 Å². The Morgan fingerprint density at radius 2 is 1.67 bits per heavy atom. The Labute approximate surface area is 177 Å². The zero-order valence-corrected chi connectivity index (χ0v) is 17.6. The van der Waals surface area contributed by atoms with Gasteiger partial charge >= 0.3 is 5.97 Å². The molecule has 0 amide bonds. The van der Waals surface area contributed by atoms with E-state index in [1.54, 1.807) is 12.1 Å². The van der Waals surface area contributed by atoms with Crippen LogP contribution in [0.5, 0.6) is 11.5 Å². The van der Waals surface area contributed by atoms with Crippen LogP contribution in [0.25, 0.3) is 0 Å². The molecule has 30 heavy (non-hydrogen) atoms. The molecule has 1 aliphatic rings. The summed E-state index contributed by atoms with van der Waals surface area (Å²) in [6.07, 6.45) is 10.0. The number of halogens is 2. The summed E-state index contributed by atoms with van der Waals surface area (Å²) in [5.41, 5.74) is 0.786. The number of benzene rings is 2. The highest BCUT2D eigenvalue weighted by molar-refractivity contribution is 5.91. The highest BCUT2D eigenvalue weighted by Gasteiger charge is 2.21. The van der Waals surface area contributed by atoms with E-state index >= 15 is 0 Å². The van der Waals surface area contributed by atoms with Gasteiger partial charge in [-0.25, -0.2) is 9.18 Å². The highest BCUT2D eigenvalue weighted by Crippen LogP contribution is 2.33. The third kappa shape index (κ3) is 5.80. The lowest BCUT2D eigenvalue weighted by Gasteiger charge is -2.22. The molecule has 1 saturated carbocycles. The molecule has 1 aliphatic carbocycles. The minimum atomic E-state index is -1.25. The first-order valence-corrected chi connectivity index (χ1v) is 11.0. The van der Waals surface area contributed by atoms with Crippen LogP contribution < -0.4 is 9.47 Å². The molecule has 0 saturated heterocycles. The van der Waals surface area contributed by atoms with Crippen molar-refractivity contribution in [2.24, 2.45) is 0 Å². The Bertz CT molecular complexity index is 827. The lowest BCUT2D eigenvalue weighted by Crippen LogP contribution is -2.13. The average molecular weight is 417 g/mol. The Kier molecular flexibility index (Phi) is 8.23. The Hall–Kier alpha value is -2.43. The summed E-state index contributed by atoms with van der Waals surface area (Å²) in [7, 11) is 0. The maximum Gasteiger partial charge on any atom is 0.346 e. The van der Waals surface area contributed by atoms with Crippen LogP contribution in [-0.4, -0.2) is 12.6 Å². The van der Waals surface area contributed by atoms with Crippen molar-refractivity contribution < 1.29 is 23.0 Å². The number of hydrogen-bond donors (Lipinski definition) is 0. The standard InChI is InChI=1S/C25H30F2O3/c1-2-3-4-8-17-29-22-16-15-21(23(26)24(22)27)25(28)30-20-13-11-19(12-14-20)18-9-6-5-7-10-18/h11-16,18H,2-10,17H2,1H3. The van der Waals surface area contributed by atoms with E-state index in [4.69, 9.17) is 9.47 Å². The van der Waals surface area contributed by atoms with E-state index in [2.05, 4.69) is 6.92 Å². The zero-order valence-electron chi connectivity index (χ0n) is 17.6. The summed E-state index contributed by atoms with van der Waals surface area (Å²) in [5, 5.41) is 0. The van der Waals surface area contributed by atoms with Crippen molar-refractivity contribution in [1.82, 2.24) is 0 Å². The van der Waals surface area contributed by atoms with E-state index in [1.807, 2.05) is 12.1 Å². The topological polar surface area (TPSA) is 35.5 Å². The number of rotatable bonds is 9. The van der Waals surface area contributed by atoms with Crippen LogP contribution in [0.4, 0.5) is 8.78 Å². The van der Waals surface area contributed by atoms with Crippen molar-refractivity contribution >= 4 is 5.97 Å². The lowest BCUT2D eigenvalue weighted by atomic mass is 9.84. The average Bonchev–Trinajstić information content (AvgIpc) is 2.77. The Morgan fingerprint density at radius 1 is 0.933 bits per heavy atom. The van der Waals surface area contributed by atoms with Gasteiger partial charge in [0.15, 0.2) is 11.6 Å². The van der Waals surface area contributed by atoms with E-state index in [-0.39, 0.29) is 5.75 Å². The van der Waals surface area contributed by atoms with Gasteiger partial charge in [0.05, 0.1) is 12.2 Å². The normalized spacial score (nSPS) is 14.5. The highest BCUT2D eigenvalue weighted by atomic mass is 19.2. The van der Waals surface area contributed by atoms with Crippen LogP contribution in [0.3, 0.4) is 0 Å². The molecule has 2 aromatic carbocycles. The summed E-state index contributed by atoms with van der Waals surface area (Å²) < 4.78 is 39.3. The third-order valence-corrected chi connectivity index (χ3v) is 5.69. The molecule has 0 atom stereocenters. The van der Waals surface area contributed by atoms with Gasteiger partial charge in [-0.3, -0.25) is 0 Å². The number of carbonyl (C=O) groups excluding carboxylic acids is 1. The molecule has 0 N–H and O–H groups in total. The molecular weight excluding hydrogens is 386 g/mol. The first-order chi connectivity index (χ1) is 14.6. The van der Waals surface area contributed by atoms with E-state index in [0.717, 1.165) is 25.7 Å². The second-order valence-corrected chi connectivity index (χ2v) is 7.94. The van der Waals surface area contributed by atoms with Crippen molar-refractivity contribution in [3.63, 3.8) is 0 Å². The number of carbonyl (C=O) groups is 1. The SMILES string of the molecule is CCCCCCOc1ccc(C(=O)Oc2ccc(C3CCCCC3)cc2)c(F)c1F. The van der Waals surface area contributed by atoms with Crippen LogP contribution in [0.2, 0.25) is 0 Å². The quantitative estimate of drug-likeness (QED) is 0.246. The predicted octanol–water partition coefficient (Wildman–Crippen LogP) is 7.19. The van der Waals surface area contributed by atoms with Crippen LogP contribution in [0, 0.1) is 11.6 Å². The minimum Gasteiger partial charge on any atom is -0.490 e. The summed E-state index contributed by atoms with van der Waals surface area (Å²) >= 11 is 0. The molecule has 0 bridgehead atoms. The molecule has 0 radical (unpaired) electrons. The lowest BCUT2D eigenvalue weighted by molar-refractivity contribution is 0.0728. The first-order valence-electron chi connectivity index (χ1n) is 11.0. The van der Waals surface area contributed by atoms with Gasteiger partial charge in [0.25, 0.3) is 0 Å². The van der Waals surface area contributed by atoms with Crippen molar-refractivity contribution in [1.29, 1.82) is 0 Å². The first kappa shape index (κ1) is 22.3. The number of hydrogen-bond acceptors (Lipinski definition) is 3. The van der Waals surface area contributed by atoms with Crippen LogP contribution in [0.15, 0.2) is 36.4 Å². The van der Waals surface area contributed by atoms with Gasteiger partial charge in [-0.05, 0) is 55.0 Å². The van der Waals surface area contributed by atoms with Gasteiger partial charge < -0.3 is 9.47 Å². The predicted molar refractivity (Wildman–Crippen MR) is 113 cm³/mol. The zero-order chi connectivity index (χ0) is 21.3. The molecule has 0 spiro atoms. The second kappa shape index (κ2) is 11.1. The van der Waals surface area contributed by atoms with Crippen LogP contribution >= 0.6 is 0 Å². The molecule has 3 nitrogen and oxygen atoms in total. The molecule has 0 heterocycles. The molecule has 3 rings (SSSR count). The second-order valence-electron chi connectivity index (χ2n) is 7.94. The Morgan fingerprint density at radius 3 is 2.37 bits per heavy atom. The third-order valence-electron chi connectivity index (χ3n) is 5.69. The number of ether oxygens (including phenoxy) is 2. The smallest absolute Gasteiger partial charge is 0.346 e. The molecule has 1 fully saturated rings. The summed E-state index contributed by atoms with van der Waals surface area (Å²) in [6.45, 7) is 2.41. The fourth-order valence-corrected chi connectivity index (χ4v) is 3.92. The maximum absolute atomic E-state index is 14.4. The molecule has 0 aliphatic heterocycles. The minimum absolute atomic E-state index is 0.183. The van der Waals surface area contributed by atoms with E-state index in [0.29, 0.717) is 18.3 Å². The van der Waals surface area contributed by atoms with E-state index in [9.17, 15) is 13.6 Å². The molecule has 162 valence electrons. The van der Waals surface area contributed by atoms with Crippen molar-refractivity contribution in [2.45, 2.75) is 70.6 Å². The molecule has 5 heteroatoms. The number of unbranched alkanes of at least 4 members (excludes halogenated alkanes) is 3. The van der Waals surface area contributed by atoms with E-state index in [1.165, 1.54) is 49.8 Å². The fraction of sp³-hybridized carbons (Fsp3) is 0.480. The van der Waals surface area contributed by atoms with Crippen LogP contribution in [0.1, 0.15) is 86.6 Å². The molecule has 2 aromatic rings. The largest absolute Gasteiger partial charge is 0.490 e. The number of esters is 1. The summed E-state index contributed by atoms with van der Waals surface area (Å²) in [5.74, 6) is -2.65. The molecule has 0 aromatic heterocycles. The van der Waals surface area contributed by atoms with Gasteiger partial charge in [-0.1, -0.05) is 57.6 Å². The Balaban J connectivity index is 1.60. The molecular formula is C25H30F2O3. The van der Waals surface area contributed by atoms with Gasteiger partial charge in [0.2, 0.25) is 5.82 Å². The van der Waals surface area contributed by atoms with Gasteiger partial charge in [-0.2, -0.15) is 4.39 Å². The van der Waals surface area contributed by atoms with Gasteiger partial charge in [-0.15, -0.1) is 0 Å². The monoisotopic (exact) mass is 416 g/mol. The summed E-state index contributed by atoms with van der Waals surface area (Å²) in [6, 6.07) is 9.81. The van der Waals surface area contributed by atoms with E-state index < -0.39 is 23.2 Å². The molecule has 0 unspecified atom stereocenters. The van der Waals surface area contributed by atoms with Crippen molar-refractivity contribution in [2.75, 3.05) is 6.61 Å².